The molecule has 3 N–H and O–H groups in total. The SMILES string of the molecule is CC/C(=N\O)[C@]1(n2cn[nH]c2=O)CC[C@@](CO[C@H](C)c2cc(C)cc(C(F)(F)F)c2)(c2ccccc2)NC1. The topological polar surface area (TPSA) is 105 Å². The second-order valence-electron chi connectivity index (χ2n) is 9.85. The van der Waals surface area contributed by atoms with Crippen molar-refractivity contribution < 1.29 is 23.1 Å². The van der Waals surface area contributed by atoms with Crippen LogP contribution in [0.1, 0.15) is 61.5 Å². The molecule has 0 radical (unpaired) electrons. The zero-order valence-electron chi connectivity index (χ0n) is 21.5. The highest BCUT2D eigenvalue weighted by molar-refractivity contribution is 5.91. The van der Waals surface area contributed by atoms with Crippen LogP contribution in [0.25, 0.3) is 0 Å². The van der Waals surface area contributed by atoms with Crippen LogP contribution in [-0.4, -0.2) is 38.8 Å². The van der Waals surface area contributed by atoms with Crippen molar-refractivity contribution in [2.24, 2.45) is 5.16 Å². The zero-order chi connectivity index (χ0) is 27.6. The molecule has 2 heterocycles. The molecule has 0 bridgehead atoms. The zero-order valence-corrected chi connectivity index (χ0v) is 21.5. The van der Waals surface area contributed by atoms with Crippen molar-refractivity contribution >= 4 is 5.71 Å². The molecule has 204 valence electrons. The first-order valence-electron chi connectivity index (χ1n) is 12.5. The third-order valence-electron chi connectivity index (χ3n) is 7.49. The lowest BCUT2D eigenvalue weighted by atomic mass is 9.73. The number of nitrogens with one attached hydrogen (secondary N) is 2. The molecule has 3 aromatic rings. The Hall–Kier alpha value is -3.44. The first kappa shape index (κ1) is 27.6. The van der Waals surface area contributed by atoms with Gasteiger partial charge in [0, 0.05) is 6.54 Å². The maximum atomic E-state index is 13.4. The summed E-state index contributed by atoms with van der Waals surface area (Å²) < 4.78 is 47.9. The number of ether oxygens (including phenoxy) is 1. The number of aromatic nitrogens is 3. The molecule has 1 saturated heterocycles. The number of hydrogen-bond acceptors (Lipinski definition) is 6. The Morgan fingerprint density at radius 2 is 1.97 bits per heavy atom. The summed E-state index contributed by atoms with van der Waals surface area (Å²) in [6.45, 7) is 5.63. The number of rotatable bonds is 8. The number of benzene rings is 2. The number of nitrogens with zero attached hydrogens (tertiary/aromatic N) is 3. The summed E-state index contributed by atoms with van der Waals surface area (Å²) >= 11 is 0. The molecular weight excluding hydrogens is 499 g/mol. The van der Waals surface area contributed by atoms with Gasteiger partial charge in [0.2, 0.25) is 0 Å². The molecule has 0 aliphatic carbocycles. The smallest absolute Gasteiger partial charge is 0.411 e. The van der Waals surface area contributed by atoms with Crippen molar-refractivity contribution in [3.8, 4) is 0 Å². The minimum Gasteiger partial charge on any atom is -0.411 e. The maximum Gasteiger partial charge on any atom is 0.416 e. The Bertz CT molecular complexity index is 1330. The third kappa shape index (κ3) is 5.25. The minimum atomic E-state index is -4.45. The molecule has 4 rings (SSSR count). The Kier molecular flexibility index (Phi) is 7.80. The van der Waals surface area contributed by atoms with Crippen LogP contribution in [0.15, 0.2) is 64.8 Å². The molecule has 0 spiro atoms. The highest BCUT2D eigenvalue weighted by atomic mass is 19.4. The van der Waals surface area contributed by atoms with E-state index in [0.29, 0.717) is 36.1 Å². The maximum absolute atomic E-state index is 13.4. The van der Waals surface area contributed by atoms with E-state index in [1.54, 1.807) is 19.9 Å². The molecule has 0 saturated carbocycles. The molecule has 11 heteroatoms. The second kappa shape index (κ2) is 10.7. The van der Waals surface area contributed by atoms with Crippen LogP contribution >= 0.6 is 0 Å². The quantitative estimate of drug-likeness (QED) is 0.218. The molecule has 1 fully saturated rings. The van der Waals surface area contributed by atoms with Crippen molar-refractivity contribution in [2.45, 2.75) is 63.4 Å². The Morgan fingerprint density at radius 3 is 2.53 bits per heavy atom. The first-order chi connectivity index (χ1) is 18.0. The largest absolute Gasteiger partial charge is 0.416 e. The van der Waals surface area contributed by atoms with E-state index in [9.17, 15) is 23.2 Å². The van der Waals surface area contributed by atoms with E-state index in [2.05, 4.69) is 20.7 Å². The molecule has 0 unspecified atom stereocenters. The van der Waals surface area contributed by atoms with E-state index in [-0.39, 0.29) is 13.2 Å². The number of oxime groups is 1. The standard InChI is InChI=1S/C27H32F3N5O3/c1-4-23(34-37)26(35-17-32-33-24(35)36)11-10-25(31-15-26,21-8-6-5-7-9-21)16-38-19(3)20-12-18(2)13-22(14-20)27(28,29)30/h5-9,12-14,17,19,31,37H,4,10-11,15-16H2,1-3H3,(H,33,36)/b34-23+/t19-,25-,26+/m1/s1. The average Bonchev–Trinajstić information content (AvgIpc) is 3.34. The summed E-state index contributed by atoms with van der Waals surface area (Å²) in [5.41, 5.74) is -0.447. The average molecular weight is 532 g/mol. The fourth-order valence-corrected chi connectivity index (χ4v) is 5.33. The van der Waals surface area contributed by atoms with Crippen LogP contribution in [0.3, 0.4) is 0 Å². The fraction of sp³-hybridized carbons (Fsp3) is 0.444. The summed E-state index contributed by atoms with van der Waals surface area (Å²) in [5, 5.41) is 23.2. The summed E-state index contributed by atoms with van der Waals surface area (Å²) in [7, 11) is 0. The van der Waals surface area contributed by atoms with Gasteiger partial charge in [0.1, 0.15) is 11.9 Å². The summed E-state index contributed by atoms with van der Waals surface area (Å²) in [6, 6.07) is 13.6. The van der Waals surface area contributed by atoms with E-state index in [1.807, 2.05) is 37.3 Å². The van der Waals surface area contributed by atoms with Gasteiger partial charge in [-0.1, -0.05) is 54.0 Å². The predicted molar refractivity (Wildman–Crippen MR) is 136 cm³/mol. The Morgan fingerprint density at radius 1 is 1.24 bits per heavy atom. The van der Waals surface area contributed by atoms with Crippen molar-refractivity contribution in [1.82, 2.24) is 20.1 Å². The van der Waals surface area contributed by atoms with Gasteiger partial charge in [0.25, 0.3) is 0 Å². The normalized spacial score (nSPS) is 23.4. The van der Waals surface area contributed by atoms with E-state index in [0.717, 1.165) is 17.7 Å². The molecule has 38 heavy (non-hydrogen) atoms. The molecule has 1 aliphatic heterocycles. The van der Waals surface area contributed by atoms with Crippen LogP contribution in [0.5, 0.6) is 0 Å². The number of H-pyrrole nitrogens is 1. The van der Waals surface area contributed by atoms with Crippen molar-refractivity contribution in [3.05, 3.63) is 87.6 Å². The van der Waals surface area contributed by atoms with E-state index in [1.165, 1.54) is 10.9 Å². The number of halogens is 3. The van der Waals surface area contributed by atoms with Gasteiger partial charge in [-0.2, -0.15) is 18.3 Å². The van der Waals surface area contributed by atoms with Crippen LogP contribution < -0.4 is 11.0 Å². The molecule has 8 nitrogen and oxygen atoms in total. The van der Waals surface area contributed by atoms with Gasteiger partial charge in [-0.25, -0.2) is 9.89 Å². The predicted octanol–water partition coefficient (Wildman–Crippen LogP) is 4.89. The third-order valence-corrected chi connectivity index (χ3v) is 7.49. The first-order valence-corrected chi connectivity index (χ1v) is 12.5. The Labute approximate surface area is 218 Å². The lowest BCUT2D eigenvalue weighted by Gasteiger charge is -2.48. The van der Waals surface area contributed by atoms with Gasteiger partial charge in [-0.15, -0.1) is 0 Å². The molecule has 0 amide bonds. The monoisotopic (exact) mass is 531 g/mol. The molecule has 1 aliphatic rings. The number of piperidine rings is 1. The molecule has 3 atom stereocenters. The number of aromatic amines is 1. The summed E-state index contributed by atoms with van der Waals surface area (Å²) in [6.07, 6.45) is -2.32. The number of hydrogen-bond donors (Lipinski definition) is 3. The van der Waals surface area contributed by atoms with Gasteiger partial charge in [-0.05, 0) is 56.4 Å². The van der Waals surface area contributed by atoms with Gasteiger partial charge >= 0.3 is 11.9 Å². The van der Waals surface area contributed by atoms with Crippen molar-refractivity contribution in [3.63, 3.8) is 0 Å². The summed E-state index contributed by atoms with van der Waals surface area (Å²) in [4.78, 5) is 12.6. The van der Waals surface area contributed by atoms with Crippen molar-refractivity contribution in [2.75, 3.05) is 13.2 Å². The fourth-order valence-electron chi connectivity index (χ4n) is 5.33. The van der Waals surface area contributed by atoms with Gasteiger partial charge in [-0.3, -0.25) is 4.57 Å². The summed E-state index contributed by atoms with van der Waals surface area (Å²) in [5.74, 6) is 0. The second-order valence-corrected chi connectivity index (χ2v) is 9.85. The lowest BCUT2D eigenvalue weighted by molar-refractivity contribution is -0.137. The van der Waals surface area contributed by atoms with Crippen molar-refractivity contribution in [1.29, 1.82) is 0 Å². The van der Waals surface area contributed by atoms with Crippen LogP contribution in [0.4, 0.5) is 13.2 Å². The van der Waals surface area contributed by atoms with Crippen LogP contribution in [-0.2, 0) is 22.0 Å². The Balaban J connectivity index is 1.64. The van der Waals surface area contributed by atoms with Gasteiger partial charge < -0.3 is 15.3 Å². The van der Waals surface area contributed by atoms with Crippen LogP contribution in [0, 0.1) is 6.92 Å². The minimum absolute atomic E-state index is 0.168. The molecular formula is C27H32F3N5O3. The highest BCUT2D eigenvalue weighted by Gasteiger charge is 2.48. The number of alkyl halides is 3. The molecule has 2 aromatic carbocycles. The van der Waals surface area contributed by atoms with E-state index in [4.69, 9.17) is 4.74 Å². The number of aryl methyl sites for hydroxylation is 1. The molecule has 1 aromatic heterocycles. The van der Waals surface area contributed by atoms with Gasteiger partial charge in [0.15, 0.2) is 0 Å². The van der Waals surface area contributed by atoms with E-state index < -0.39 is 34.6 Å². The highest BCUT2D eigenvalue weighted by Crippen LogP contribution is 2.40. The van der Waals surface area contributed by atoms with E-state index >= 15 is 0 Å². The lowest BCUT2D eigenvalue weighted by Crippen LogP contribution is -2.63. The van der Waals surface area contributed by atoms with Crippen LogP contribution in [0.2, 0.25) is 0 Å². The van der Waals surface area contributed by atoms with Gasteiger partial charge in [0.05, 0.1) is 29.5 Å².